The Morgan fingerprint density at radius 1 is 1.21 bits per heavy atom. The molecule has 180 valence electrons. The van der Waals surface area contributed by atoms with Crippen LogP contribution in [0, 0.1) is 29.5 Å². The van der Waals surface area contributed by atoms with E-state index in [1.807, 2.05) is 5.10 Å². The quantitative estimate of drug-likeness (QED) is 0.456. The monoisotopic (exact) mass is 476 g/mol. The number of halogens is 4. The van der Waals surface area contributed by atoms with Crippen LogP contribution in [0.2, 0.25) is 0 Å². The van der Waals surface area contributed by atoms with E-state index in [2.05, 4.69) is 22.3 Å². The van der Waals surface area contributed by atoms with Crippen LogP contribution < -0.4 is 10.1 Å². The summed E-state index contributed by atoms with van der Waals surface area (Å²) in [5.41, 5.74) is -0.372. The number of alkyl halides is 3. The van der Waals surface area contributed by atoms with Crippen molar-refractivity contribution < 1.29 is 27.1 Å². The van der Waals surface area contributed by atoms with E-state index in [0.717, 1.165) is 25.3 Å². The molecule has 2 N–H and O–H groups in total. The Balaban J connectivity index is 1.30. The number of hydrogen-bond acceptors (Lipinski definition) is 4. The molecule has 5 rings (SSSR count). The number of rotatable bonds is 6. The van der Waals surface area contributed by atoms with E-state index in [-0.39, 0.29) is 47.3 Å². The molecule has 0 bridgehead atoms. The highest BCUT2D eigenvalue weighted by Crippen LogP contribution is 2.49. The molecule has 4 unspecified atom stereocenters. The van der Waals surface area contributed by atoms with Crippen LogP contribution in [0.15, 0.2) is 36.5 Å². The van der Waals surface area contributed by atoms with Crippen molar-refractivity contribution in [3.8, 4) is 5.75 Å². The first kappa shape index (κ1) is 22.6. The Hall–Kier alpha value is -3.17. The lowest BCUT2D eigenvalue weighted by Gasteiger charge is -2.25. The highest BCUT2D eigenvalue weighted by atomic mass is 19.4. The maximum atomic E-state index is 13.8. The van der Waals surface area contributed by atoms with Gasteiger partial charge in [-0.3, -0.25) is 14.9 Å². The summed E-state index contributed by atoms with van der Waals surface area (Å²) in [7, 11) is 0. The number of amides is 1. The van der Waals surface area contributed by atoms with Gasteiger partial charge < -0.3 is 10.1 Å². The molecule has 6 nitrogen and oxygen atoms in total. The summed E-state index contributed by atoms with van der Waals surface area (Å²) in [6.07, 6.45) is 0.0707. The van der Waals surface area contributed by atoms with Crippen LogP contribution in [-0.2, 0) is 11.0 Å². The molecular weight excluding hydrogens is 452 g/mol. The number of fused-ring (bicyclic) bond motifs is 1. The number of hydrogen-bond donors (Lipinski definition) is 2. The maximum Gasteiger partial charge on any atom is 0.432 e. The summed E-state index contributed by atoms with van der Waals surface area (Å²) in [4.78, 5) is 17.4. The lowest BCUT2D eigenvalue weighted by molar-refractivity contribution is -0.141. The Bertz CT molecular complexity index is 1210. The molecule has 0 aliphatic heterocycles. The first-order valence-corrected chi connectivity index (χ1v) is 11.3. The second-order valence-electron chi connectivity index (χ2n) is 9.34. The van der Waals surface area contributed by atoms with Crippen molar-refractivity contribution in [2.45, 2.75) is 44.9 Å². The molecule has 0 saturated heterocycles. The fourth-order valence-corrected chi connectivity index (χ4v) is 5.15. The third-order valence-corrected chi connectivity index (χ3v) is 6.89. The molecule has 2 aliphatic carbocycles. The standard InChI is InChI=1S/C24H24F4N4O2/c1-12-8-15(34-19-6-7-29-18-5-4-14(25)9-17(18)19)10-16(12)22(13-2-3-13)23(33)30-21-11-20(31-32-21)24(26,27)28/h4-7,9,11-13,15-16,22H,2-3,8,10H2,1H3,(H2,30,31,32,33). The molecule has 0 spiro atoms. The Morgan fingerprint density at radius 2 is 2.00 bits per heavy atom. The van der Waals surface area contributed by atoms with E-state index >= 15 is 0 Å². The molecule has 2 aromatic heterocycles. The number of pyridine rings is 1. The van der Waals surface area contributed by atoms with E-state index < -0.39 is 11.9 Å². The highest BCUT2D eigenvalue weighted by molar-refractivity contribution is 5.92. The molecule has 34 heavy (non-hydrogen) atoms. The number of carbonyl (C=O) groups excluding carboxylic acids is 1. The van der Waals surface area contributed by atoms with Gasteiger partial charge in [-0.2, -0.15) is 18.3 Å². The maximum absolute atomic E-state index is 13.8. The Labute approximate surface area is 193 Å². The van der Waals surface area contributed by atoms with Gasteiger partial charge in [-0.25, -0.2) is 4.39 Å². The second-order valence-corrected chi connectivity index (χ2v) is 9.34. The normalized spacial score (nSPS) is 23.7. The van der Waals surface area contributed by atoms with Gasteiger partial charge >= 0.3 is 6.18 Å². The summed E-state index contributed by atoms with van der Waals surface area (Å²) in [6.45, 7) is 2.07. The van der Waals surface area contributed by atoms with E-state index in [9.17, 15) is 22.4 Å². The molecule has 2 aliphatic rings. The van der Waals surface area contributed by atoms with E-state index in [1.54, 1.807) is 18.3 Å². The highest BCUT2D eigenvalue weighted by Gasteiger charge is 2.47. The summed E-state index contributed by atoms with van der Waals surface area (Å²) in [5, 5.41) is 8.69. The van der Waals surface area contributed by atoms with Crippen molar-refractivity contribution >= 4 is 22.6 Å². The molecular formula is C24H24F4N4O2. The summed E-state index contributed by atoms with van der Waals surface area (Å²) < 4.78 is 58.6. The minimum absolute atomic E-state index is 0.0170. The lowest BCUT2D eigenvalue weighted by atomic mass is 9.81. The van der Waals surface area contributed by atoms with E-state index in [1.165, 1.54) is 12.1 Å². The van der Waals surface area contributed by atoms with Gasteiger partial charge in [0.25, 0.3) is 0 Å². The number of H-pyrrole nitrogens is 1. The smallest absolute Gasteiger partial charge is 0.432 e. The van der Waals surface area contributed by atoms with Crippen LogP contribution in [-0.4, -0.2) is 27.2 Å². The molecule has 1 aromatic carbocycles. The van der Waals surface area contributed by atoms with Crippen LogP contribution in [0.25, 0.3) is 10.9 Å². The van der Waals surface area contributed by atoms with Gasteiger partial charge in [0.15, 0.2) is 5.82 Å². The van der Waals surface area contributed by atoms with Crippen molar-refractivity contribution in [2.24, 2.45) is 23.7 Å². The van der Waals surface area contributed by atoms with Gasteiger partial charge in [0, 0.05) is 23.6 Å². The predicted octanol–water partition coefficient (Wildman–Crippen LogP) is 5.57. The molecule has 3 aromatic rings. The summed E-state index contributed by atoms with van der Waals surface area (Å²) in [5.74, 6) is -0.210. The number of nitrogens with one attached hydrogen (secondary N) is 2. The van der Waals surface area contributed by atoms with Crippen molar-refractivity contribution in [1.82, 2.24) is 15.2 Å². The molecule has 10 heteroatoms. The minimum atomic E-state index is -4.56. The summed E-state index contributed by atoms with van der Waals surface area (Å²) >= 11 is 0. The van der Waals surface area contributed by atoms with Crippen LogP contribution in [0.3, 0.4) is 0 Å². The Kier molecular flexibility index (Phi) is 5.69. The van der Waals surface area contributed by atoms with Crippen molar-refractivity contribution in [2.75, 3.05) is 5.32 Å². The molecule has 2 saturated carbocycles. The first-order chi connectivity index (χ1) is 16.2. The SMILES string of the molecule is CC1CC(Oc2ccnc3ccc(F)cc23)CC1C(C(=O)Nc1cc(C(F)(F)F)[nH]n1)C1CC1. The number of aromatic nitrogens is 3. The average Bonchev–Trinajstić information content (AvgIpc) is 3.37. The fraction of sp³-hybridized carbons (Fsp3) is 0.458. The zero-order valence-electron chi connectivity index (χ0n) is 18.4. The minimum Gasteiger partial charge on any atom is -0.490 e. The van der Waals surface area contributed by atoms with Crippen molar-refractivity contribution in [3.63, 3.8) is 0 Å². The average molecular weight is 476 g/mol. The van der Waals surface area contributed by atoms with Crippen molar-refractivity contribution in [3.05, 3.63) is 48.0 Å². The van der Waals surface area contributed by atoms with Gasteiger partial charge in [-0.15, -0.1) is 0 Å². The molecule has 4 atom stereocenters. The zero-order chi connectivity index (χ0) is 24.0. The van der Waals surface area contributed by atoms with Gasteiger partial charge in [0.05, 0.1) is 11.6 Å². The molecule has 0 radical (unpaired) electrons. The molecule has 2 fully saturated rings. The topological polar surface area (TPSA) is 79.9 Å². The van der Waals surface area contributed by atoms with E-state index in [0.29, 0.717) is 23.1 Å². The number of carbonyl (C=O) groups is 1. The largest absolute Gasteiger partial charge is 0.490 e. The molecule has 1 amide bonds. The van der Waals surface area contributed by atoms with E-state index in [4.69, 9.17) is 4.74 Å². The lowest BCUT2D eigenvalue weighted by Crippen LogP contribution is -2.32. The van der Waals surface area contributed by atoms with Gasteiger partial charge in [0.2, 0.25) is 5.91 Å². The van der Waals surface area contributed by atoms with Crippen LogP contribution >= 0.6 is 0 Å². The van der Waals surface area contributed by atoms with Crippen LogP contribution in [0.5, 0.6) is 5.75 Å². The van der Waals surface area contributed by atoms with Crippen LogP contribution in [0.1, 0.15) is 38.3 Å². The van der Waals surface area contributed by atoms with Gasteiger partial charge in [0.1, 0.15) is 17.3 Å². The number of ether oxygens (including phenoxy) is 1. The fourth-order valence-electron chi connectivity index (χ4n) is 5.15. The third kappa shape index (κ3) is 4.58. The summed E-state index contributed by atoms with van der Waals surface area (Å²) in [6, 6.07) is 6.86. The first-order valence-electron chi connectivity index (χ1n) is 11.3. The predicted molar refractivity (Wildman–Crippen MR) is 116 cm³/mol. The van der Waals surface area contributed by atoms with Gasteiger partial charge in [-0.1, -0.05) is 6.92 Å². The number of aromatic amines is 1. The second kappa shape index (κ2) is 8.56. The third-order valence-electron chi connectivity index (χ3n) is 6.89. The Morgan fingerprint density at radius 3 is 2.71 bits per heavy atom. The number of benzene rings is 1. The molecule has 2 heterocycles. The van der Waals surface area contributed by atoms with Crippen molar-refractivity contribution in [1.29, 1.82) is 0 Å². The van der Waals surface area contributed by atoms with Gasteiger partial charge in [-0.05, 0) is 67.7 Å². The number of anilines is 1. The zero-order valence-corrected chi connectivity index (χ0v) is 18.4. The number of nitrogens with zero attached hydrogens (tertiary/aromatic N) is 2. The van der Waals surface area contributed by atoms with Crippen LogP contribution in [0.4, 0.5) is 23.4 Å².